The third-order valence-corrected chi connectivity index (χ3v) is 4.01. The van der Waals surface area contributed by atoms with Crippen LogP contribution in [0.2, 0.25) is 0 Å². The Bertz CT molecular complexity index is 202. The van der Waals surface area contributed by atoms with Crippen LogP contribution in [0.3, 0.4) is 0 Å². The predicted molar refractivity (Wildman–Crippen MR) is 72.9 cm³/mol. The minimum Gasteiger partial charge on any atom is -0.395 e. The number of aliphatic hydroxyl groups excluding tert-OH is 1. The van der Waals surface area contributed by atoms with E-state index in [4.69, 9.17) is 5.73 Å². The summed E-state index contributed by atoms with van der Waals surface area (Å²) in [4.78, 5) is 2.28. The molecule has 0 radical (unpaired) electrons. The van der Waals surface area contributed by atoms with Crippen LogP contribution in [0, 0.1) is 11.8 Å². The van der Waals surface area contributed by atoms with Gasteiger partial charge in [-0.25, -0.2) is 0 Å². The summed E-state index contributed by atoms with van der Waals surface area (Å²) >= 11 is 0. The van der Waals surface area contributed by atoms with Crippen molar-refractivity contribution in [3.63, 3.8) is 0 Å². The molecule has 0 aromatic carbocycles. The Hall–Kier alpha value is -0.120. The molecule has 1 rings (SSSR count). The van der Waals surface area contributed by atoms with Crippen molar-refractivity contribution in [3.05, 3.63) is 0 Å². The molecule has 0 aromatic rings. The fraction of sp³-hybridized carbons (Fsp3) is 1.00. The molecule has 1 fully saturated rings. The van der Waals surface area contributed by atoms with Crippen molar-refractivity contribution in [1.29, 1.82) is 0 Å². The second kappa shape index (κ2) is 7.34. The van der Waals surface area contributed by atoms with Gasteiger partial charge in [-0.2, -0.15) is 0 Å². The van der Waals surface area contributed by atoms with Crippen LogP contribution < -0.4 is 5.73 Å². The van der Waals surface area contributed by atoms with Crippen LogP contribution in [0.25, 0.3) is 0 Å². The Kier molecular flexibility index (Phi) is 6.45. The van der Waals surface area contributed by atoms with Crippen molar-refractivity contribution in [2.75, 3.05) is 20.2 Å². The molecule has 1 aliphatic rings. The lowest BCUT2D eigenvalue weighted by Gasteiger charge is -2.33. The monoisotopic (exact) mass is 242 g/mol. The molecule has 17 heavy (non-hydrogen) atoms. The molecule has 2 atom stereocenters. The van der Waals surface area contributed by atoms with Gasteiger partial charge in [0.05, 0.1) is 6.61 Å². The van der Waals surface area contributed by atoms with Crippen LogP contribution in [-0.4, -0.2) is 42.3 Å². The van der Waals surface area contributed by atoms with Gasteiger partial charge in [-0.05, 0) is 38.1 Å². The smallest absolute Gasteiger partial charge is 0.0601 e. The van der Waals surface area contributed by atoms with E-state index < -0.39 is 0 Å². The average Bonchev–Trinajstić information content (AvgIpc) is 2.70. The van der Waals surface area contributed by atoms with Gasteiger partial charge in [0.2, 0.25) is 0 Å². The van der Waals surface area contributed by atoms with Crippen LogP contribution in [0.1, 0.15) is 46.0 Å². The fourth-order valence-electron chi connectivity index (χ4n) is 3.04. The van der Waals surface area contributed by atoms with Gasteiger partial charge in [0.25, 0.3) is 0 Å². The quantitative estimate of drug-likeness (QED) is 0.716. The standard InChI is InChI=1S/C14H30N2O/c1-11(2)8-13(15)14(10-17)16(3)9-12-6-4-5-7-12/h11-14,17H,4-10,15H2,1-3H3. The van der Waals surface area contributed by atoms with Crippen molar-refractivity contribution < 1.29 is 5.11 Å². The molecule has 1 aliphatic carbocycles. The summed E-state index contributed by atoms with van der Waals surface area (Å²) in [5.41, 5.74) is 6.20. The van der Waals surface area contributed by atoms with Crippen LogP contribution in [0.15, 0.2) is 0 Å². The van der Waals surface area contributed by atoms with E-state index in [0.717, 1.165) is 18.9 Å². The Labute approximate surface area is 106 Å². The molecule has 0 spiro atoms. The first-order chi connectivity index (χ1) is 8.04. The predicted octanol–water partition coefficient (Wildman–Crippen LogP) is 1.84. The molecular formula is C14H30N2O. The first-order valence-corrected chi connectivity index (χ1v) is 7.11. The number of likely N-dealkylation sites (N-methyl/N-ethyl adjacent to an activating group) is 1. The Morgan fingerprint density at radius 3 is 2.35 bits per heavy atom. The number of aliphatic hydroxyl groups is 1. The normalized spacial score (nSPS) is 21.4. The zero-order valence-corrected chi connectivity index (χ0v) is 11.7. The Balaban J connectivity index is 2.41. The summed E-state index contributed by atoms with van der Waals surface area (Å²) in [5.74, 6) is 1.42. The molecule has 0 aromatic heterocycles. The van der Waals surface area contributed by atoms with E-state index in [1.165, 1.54) is 25.7 Å². The molecule has 2 unspecified atom stereocenters. The molecular weight excluding hydrogens is 212 g/mol. The lowest BCUT2D eigenvalue weighted by atomic mass is 9.97. The number of nitrogens with two attached hydrogens (primary N) is 1. The summed E-state index contributed by atoms with van der Waals surface area (Å²) in [6.45, 7) is 5.64. The third-order valence-electron chi connectivity index (χ3n) is 4.01. The van der Waals surface area contributed by atoms with Crippen molar-refractivity contribution in [3.8, 4) is 0 Å². The van der Waals surface area contributed by atoms with Crippen molar-refractivity contribution >= 4 is 0 Å². The van der Waals surface area contributed by atoms with E-state index in [1.54, 1.807) is 0 Å². The van der Waals surface area contributed by atoms with E-state index in [9.17, 15) is 5.11 Å². The van der Waals surface area contributed by atoms with Crippen LogP contribution in [-0.2, 0) is 0 Å². The van der Waals surface area contributed by atoms with Gasteiger partial charge >= 0.3 is 0 Å². The molecule has 3 nitrogen and oxygen atoms in total. The highest BCUT2D eigenvalue weighted by molar-refractivity contribution is 4.83. The van der Waals surface area contributed by atoms with Gasteiger partial charge in [0.1, 0.15) is 0 Å². The summed E-state index contributed by atoms with van der Waals surface area (Å²) in [6.07, 6.45) is 6.44. The number of hydrogen-bond acceptors (Lipinski definition) is 3. The number of hydrogen-bond donors (Lipinski definition) is 2. The van der Waals surface area contributed by atoms with Gasteiger partial charge in [0.15, 0.2) is 0 Å². The minimum atomic E-state index is 0.0893. The minimum absolute atomic E-state index is 0.0893. The molecule has 0 saturated heterocycles. The maximum absolute atomic E-state index is 9.53. The summed E-state index contributed by atoms with van der Waals surface area (Å²) in [7, 11) is 2.11. The van der Waals surface area contributed by atoms with Crippen molar-refractivity contribution in [2.24, 2.45) is 17.6 Å². The van der Waals surface area contributed by atoms with Gasteiger partial charge in [-0.3, -0.25) is 4.90 Å². The number of nitrogens with zero attached hydrogens (tertiary/aromatic N) is 1. The maximum Gasteiger partial charge on any atom is 0.0601 e. The van der Waals surface area contributed by atoms with E-state index in [0.29, 0.717) is 5.92 Å². The topological polar surface area (TPSA) is 49.5 Å². The Morgan fingerprint density at radius 1 is 1.29 bits per heavy atom. The highest BCUT2D eigenvalue weighted by Gasteiger charge is 2.25. The van der Waals surface area contributed by atoms with E-state index >= 15 is 0 Å². The molecule has 1 saturated carbocycles. The molecule has 0 heterocycles. The molecule has 0 amide bonds. The van der Waals surface area contributed by atoms with E-state index in [-0.39, 0.29) is 18.7 Å². The van der Waals surface area contributed by atoms with Crippen molar-refractivity contribution in [2.45, 2.75) is 58.0 Å². The summed E-state index contributed by atoms with van der Waals surface area (Å²) in [5, 5.41) is 9.53. The lowest BCUT2D eigenvalue weighted by molar-refractivity contribution is 0.107. The molecule has 0 bridgehead atoms. The largest absolute Gasteiger partial charge is 0.395 e. The summed E-state index contributed by atoms with van der Waals surface area (Å²) in [6, 6.07) is 0.212. The highest BCUT2D eigenvalue weighted by atomic mass is 16.3. The fourth-order valence-corrected chi connectivity index (χ4v) is 3.04. The van der Waals surface area contributed by atoms with Crippen LogP contribution in [0.4, 0.5) is 0 Å². The molecule has 102 valence electrons. The third kappa shape index (κ3) is 4.94. The highest BCUT2D eigenvalue weighted by Crippen LogP contribution is 2.26. The Morgan fingerprint density at radius 2 is 1.88 bits per heavy atom. The van der Waals surface area contributed by atoms with Crippen LogP contribution in [0.5, 0.6) is 0 Å². The van der Waals surface area contributed by atoms with Gasteiger partial charge in [-0.1, -0.05) is 26.7 Å². The van der Waals surface area contributed by atoms with Crippen molar-refractivity contribution in [1.82, 2.24) is 4.90 Å². The zero-order valence-electron chi connectivity index (χ0n) is 11.7. The van der Waals surface area contributed by atoms with Gasteiger partial charge in [0, 0.05) is 18.6 Å². The second-order valence-corrected chi connectivity index (χ2v) is 6.13. The van der Waals surface area contributed by atoms with E-state index in [1.807, 2.05) is 0 Å². The molecule has 0 aliphatic heterocycles. The summed E-state index contributed by atoms with van der Waals surface area (Å²) < 4.78 is 0. The SMILES string of the molecule is CC(C)CC(N)C(CO)N(C)CC1CCCC1. The number of rotatable bonds is 7. The van der Waals surface area contributed by atoms with Gasteiger partial charge in [-0.15, -0.1) is 0 Å². The van der Waals surface area contributed by atoms with Gasteiger partial charge < -0.3 is 10.8 Å². The first kappa shape index (κ1) is 14.9. The zero-order chi connectivity index (χ0) is 12.8. The average molecular weight is 242 g/mol. The van der Waals surface area contributed by atoms with Crippen LogP contribution >= 0.6 is 0 Å². The van der Waals surface area contributed by atoms with E-state index in [2.05, 4.69) is 25.8 Å². The second-order valence-electron chi connectivity index (χ2n) is 6.13. The lowest BCUT2D eigenvalue weighted by Crippen LogP contribution is -2.50. The molecule has 3 N–H and O–H groups in total. The molecule has 3 heteroatoms. The maximum atomic E-state index is 9.53. The first-order valence-electron chi connectivity index (χ1n) is 7.11.